The molecule has 1 aliphatic heterocycles. The molecule has 0 atom stereocenters. The number of alkyl halides is 1. The minimum Gasteiger partial charge on any atom is -0.444 e. The van der Waals surface area contributed by atoms with E-state index in [1.165, 1.54) is 20.0 Å². The summed E-state index contributed by atoms with van der Waals surface area (Å²) in [6.45, 7) is 13.7. The van der Waals surface area contributed by atoms with Gasteiger partial charge >= 0.3 is 6.09 Å². The lowest BCUT2D eigenvalue weighted by atomic mass is 9.78. The highest BCUT2D eigenvalue weighted by atomic mass is 19.1. The Morgan fingerprint density at radius 1 is 1.09 bits per heavy atom. The van der Waals surface area contributed by atoms with Crippen LogP contribution in [0.15, 0.2) is 47.5 Å². The Morgan fingerprint density at radius 2 is 1.84 bits per heavy atom. The van der Waals surface area contributed by atoms with E-state index < -0.39 is 11.3 Å². The molecule has 11 heteroatoms. The molecule has 0 unspecified atom stereocenters. The van der Waals surface area contributed by atoms with Crippen LogP contribution in [0.1, 0.15) is 84.2 Å². The fraction of sp³-hybridized carbons (Fsp3) is 0.469. The Bertz CT molecular complexity index is 1790. The van der Waals surface area contributed by atoms with Crippen LogP contribution in [0.4, 0.5) is 20.8 Å². The van der Waals surface area contributed by atoms with Gasteiger partial charge in [0.25, 0.3) is 5.56 Å². The highest BCUT2D eigenvalue weighted by Crippen LogP contribution is 2.37. The van der Waals surface area contributed by atoms with Gasteiger partial charge in [0.05, 0.1) is 17.4 Å². The van der Waals surface area contributed by atoms with Gasteiger partial charge in [-0.3, -0.25) is 9.78 Å². The van der Waals surface area contributed by atoms with E-state index in [1.807, 2.05) is 32.9 Å². The number of carbonyl (C=O) groups excluding carboxylic acids is 1. The van der Waals surface area contributed by atoms with Crippen molar-refractivity contribution in [3.63, 3.8) is 0 Å². The van der Waals surface area contributed by atoms with Gasteiger partial charge in [-0.1, -0.05) is 19.9 Å². The summed E-state index contributed by atoms with van der Waals surface area (Å²) in [5.41, 5.74) is 1.55. The molecule has 10 nitrogen and oxygen atoms in total. The van der Waals surface area contributed by atoms with Gasteiger partial charge in [-0.05, 0) is 82.9 Å². The standard InChI is InChI=1S/C32H38FN7O3/c1-30(2,3)43-29(42)38-17-19-14-20(8-11-24(19)31(4,5)18-38)36-28-35-16-23-26(37-28)39(40(27(23)41)21-9-10-21)22-12-13-34-25(15-22)32(6,7)33/h8,11-16,21H,9-10,17-18H2,1-7H3,(H,35,36,37). The summed E-state index contributed by atoms with van der Waals surface area (Å²) >= 11 is 0. The molecule has 1 amide bonds. The van der Waals surface area contributed by atoms with Crippen LogP contribution in [0.5, 0.6) is 0 Å². The fourth-order valence-corrected chi connectivity index (χ4v) is 5.70. The smallest absolute Gasteiger partial charge is 0.410 e. The number of anilines is 2. The number of halogens is 1. The lowest BCUT2D eigenvalue weighted by Crippen LogP contribution is -2.46. The molecular weight excluding hydrogens is 549 g/mol. The molecule has 226 valence electrons. The van der Waals surface area contributed by atoms with E-state index in [0.29, 0.717) is 35.8 Å². The summed E-state index contributed by atoms with van der Waals surface area (Å²) in [6.07, 6.45) is 4.51. The van der Waals surface area contributed by atoms with Crippen molar-refractivity contribution in [2.24, 2.45) is 0 Å². The molecule has 0 spiro atoms. The number of carbonyl (C=O) groups is 1. The first-order chi connectivity index (χ1) is 20.1. The summed E-state index contributed by atoms with van der Waals surface area (Å²) in [7, 11) is 0. The number of aromatic nitrogens is 5. The van der Waals surface area contributed by atoms with Crippen molar-refractivity contribution < 1.29 is 13.9 Å². The summed E-state index contributed by atoms with van der Waals surface area (Å²) in [5, 5.41) is 3.67. The van der Waals surface area contributed by atoms with Crippen LogP contribution in [0, 0.1) is 0 Å². The fourth-order valence-electron chi connectivity index (χ4n) is 5.70. The molecule has 0 saturated heterocycles. The maximum Gasteiger partial charge on any atom is 0.410 e. The van der Waals surface area contributed by atoms with Gasteiger partial charge in [-0.15, -0.1) is 0 Å². The number of ether oxygens (including phenoxy) is 1. The second kappa shape index (κ2) is 9.89. The molecule has 0 bridgehead atoms. The van der Waals surface area contributed by atoms with Crippen molar-refractivity contribution >= 4 is 28.8 Å². The largest absolute Gasteiger partial charge is 0.444 e. The van der Waals surface area contributed by atoms with Crippen LogP contribution >= 0.6 is 0 Å². The predicted molar refractivity (Wildman–Crippen MR) is 163 cm³/mol. The third kappa shape index (κ3) is 5.60. The first-order valence-electron chi connectivity index (χ1n) is 14.7. The SMILES string of the molecule is CC(C)(C)OC(=O)N1Cc2cc(Nc3ncc4c(=O)n(C5CC5)n(-c5ccnc(C(C)(C)F)c5)c4n3)ccc2C(C)(C)C1. The number of benzene rings is 1. The number of rotatable bonds is 5. The highest BCUT2D eigenvalue weighted by Gasteiger charge is 2.36. The van der Waals surface area contributed by atoms with Crippen LogP contribution in [0.2, 0.25) is 0 Å². The van der Waals surface area contributed by atoms with Crippen molar-refractivity contribution in [2.75, 3.05) is 11.9 Å². The number of hydrogen-bond donors (Lipinski definition) is 1. The van der Waals surface area contributed by atoms with Crippen molar-refractivity contribution in [2.45, 2.75) is 90.6 Å². The molecule has 1 fully saturated rings. The summed E-state index contributed by atoms with van der Waals surface area (Å²) in [6, 6.07) is 9.50. The summed E-state index contributed by atoms with van der Waals surface area (Å²) in [5.74, 6) is 0.313. The van der Waals surface area contributed by atoms with Crippen LogP contribution in [-0.4, -0.2) is 47.5 Å². The van der Waals surface area contributed by atoms with Crippen molar-refractivity contribution in [1.29, 1.82) is 0 Å². The molecule has 1 aliphatic carbocycles. The highest BCUT2D eigenvalue weighted by molar-refractivity contribution is 5.77. The van der Waals surface area contributed by atoms with Gasteiger partial charge in [0.1, 0.15) is 16.7 Å². The maximum absolute atomic E-state index is 14.8. The summed E-state index contributed by atoms with van der Waals surface area (Å²) in [4.78, 5) is 41.6. The molecule has 4 aromatic rings. The van der Waals surface area contributed by atoms with Crippen LogP contribution in [-0.2, 0) is 22.4 Å². The number of pyridine rings is 1. The van der Waals surface area contributed by atoms with Crippen molar-refractivity contribution in [3.05, 3.63) is 69.9 Å². The second-order valence-electron chi connectivity index (χ2n) is 13.7. The van der Waals surface area contributed by atoms with Crippen molar-refractivity contribution in [1.82, 2.24) is 29.2 Å². The third-order valence-electron chi connectivity index (χ3n) is 7.80. The number of nitrogens with zero attached hydrogens (tertiary/aromatic N) is 6. The van der Waals surface area contributed by atoms with E-state index in [0.717, 1.165) is 29.7 Å². The average molecular weight is 588 g/mol. The van der Waals surface area contributed by atoms with Crippen molar-refractivity contribution in [3.8, 4) is 5.69 Å². The number of hydrogen-bond acceptors (Lipinski definition) is 7. The number of amides is 1. The second-order valence-corrected chi connectivity index (χ2v) is 13.7. The van der Waals surface area contributed by atoms with Gasteiger partial charge < -0.3 is 15.0 Å². The lowest BCUT2D eigenvalue weighted by molar-refractivity contribution is 0.0174. The Hall–Kier alpha value is -4.28. The van der Waals surface area contributed by atoms with Gasteiger partial charge in [-0.2, -0.15) is 4.98 Å². The lowest BCUT2D eigenvalue weighted by Gasteiger charge is -2.40. The average Bonchev–Trinajstić information content (AvgIpc) is 3.70. The van der Waals surface area contributed by atoms with E-state index in [-0.39, 0.29) is 28.8 Å². The van der Waals surface area contributed by atoms with E-state index >= 15 is 0 Å². The first-order valence-corrected chi connectivity index (χ1v) is 14.7. The van der Waals surface area contributed by atoms with Gasteiger partial charge in [-0.25, -0.2) is 23.5 Å². The van der Waals surface area contributed by atoms with E-state index in [4.69, 9.17) is 9.72 Å². The molecule has 6 rings (SSSR count). The molecule has 43 heavy (non-hydrogen) atoms. The zero-order valence-corrected chi connectivity index (χ0v) is 25.7. The Labute approximate surface area is 249 Å². The molecule has 0 radical (unpaired) electrons. The molecular formula is C32H38FN7O3. The topological polar surface area (TPSA) is 107 Å². The molecule has 1 saturated carbocycles. The van der Waals surface area contributed by atoms with E-state index in [2.05, 4.69) is 35.2 Å². The number of nitrogens with one attached hydrogen (secondary N) is 1. The molecule has 1 N–H and O–H groups in total. The number of fused-ring (bicyclic) bond motifs is 2. The Morgan fingerprint density at radius 3 is 2.51 bits per heavy atom. The van der Waals surface area contributed by atoms with Gasteiger partial charge in [0.2, 0.25) is 5.95 Å². The normalized spacial score (nSPS) is 16.7. The Kier molecular flexibility index (Phi) is 6.63. The summed E-state index contributed by atoms with van der Waals surface area (Å²) < 4.78 is 23.9. The first kappa shape index (κ1) is 28.8. The maximum atomic E-state index is 14.8. The van der Waals surface area contributed by atoms with Gasteiger partial charge in [0, 0.05) is 36.6 Å². The zero-order valence-electron chi connectivity index (χ0n) is 25.7. The molecule has 3 aromatic heterocycles. The van der Waals surface area contributed by atoms with Gasteiger partial charge in [0.15, 0.2) is 5.65 Å². The minimum absolute atomic E-state index is 0.0463. The van der Waals surface area contributed by atoms with E-state index in [9.17, 15) is 14.0 Å². The molecule has 1 aromatic carbocycles. The zero-order chi connectivity index (χ0) is 30.9. The predicted octanol–water partition coefficient (Wildman–Crippen LogP) is 6.29. The molecule has 2 aliphatic rings. The third-order valence-corrected chi connectivity index (χ3v) is 7.80. The van der Waals surface area contributed by atoms with Crippen LogP contribution < -0.4 is 10.9 Å². The van der Waals surface area contributed by atoms with Crippen LogP contribution in [0.25, 0.3) is 16.7 Å². The Balaban J connectivity index is 1.37. The van der Waals surface area contributed by atoms with Crippen LogP contribution in [0.3, 0.4) is 0 Å². The molecule has 4 heterocycles. The monoisotopic (exact) mass is 587 g/mol. The quantitative estimate of drug-likeness (QED) is 0.292. The van der Waals surface area contributed by atoms with E-state index in [1.54, 1.807) is 32.6 Å². The minimum atomic E-state index is -1.65.